The first kappa shape index (κ1) is 36.0. The van der Waals surface area contributed by atoms with E-state index in [9.17, 15) is 0 Å². The maximum Gasteiger partial charge on any atom is -0.0414 e. The minimum Gasteiger partial charge on any atom is -0.0654 e. The fraction of sp³-hybridized carbons (Fsp3) is 1.00. The Kier molecular flexibility index (Phi) is 29.9. The van der Waals surface area contributed by atoms with Crippen LogP contribution in [0.25, 0.3) is 0 Å². The van der Waals surface area contributed by atoms with Gasteiger partial charge in [0.05, 0.1) is 0 Å². The molecule has 0 unspecified atom stereocenters. The fourth-order valence-electron chi connectivity index (χ4n) is 6.93. The lowest BCUT2D eigenvalue weighted by atomic mass is 9.89. The van der Waals surface area contributed by atoms with Gasteiger partial charge in [0.2, 0.25) is 0 Å². The van der Waals surface area contributed by atoms with Crippen molar-refractivity contribution in [2.45, 2.75) is 238 Å². The van der Waals surface area contributed by atoms with Gasteiger partial charge >= 0.3 is 0 Å². The molecule has 0 nitrogen and oxygen atoms in total. The molecule has 1 aliphatic rings. The quantitative estimate of drug-likeness (QED) is 0.163. The Labute approximate surface area is 243 Å². The van der Waals surface area contributed by atoms with Crippen molar-refractivity contribution in [3.8, 4) is 0 Å². The molecule has 0 amide bonds. The fourth-order valence-corrected chi connectivity index (χ4v) is 6.93. The molecule has 1 rings (SSSR count). The summed E-state index contributed by atoms with van der Waals surface area (Å²) in [6.45, 7) is 2.31. The number of rotatable bonds is 17. The molecule has 1 saturated carbocycles. The highest BCUT2D eigenvalue weighted by Crippen LogP contribution is 2.25. The molecule has 0 heterocycles. The molecule has 0 atom stereocenters. The van der Waals surface area contributed by atoms with Crippen LogP contribution in [0, 0.1) is 5.92 Å². The zero-order chi connectivity index (χ0) is 27.0. The molecule has 0 aliphatic heterocycles. The summed E-state index contributed by atoms with van der Waals surface area (Å²) in [5.74, 6) is 1.05. The Balaban J connectivity index is 2.01. The highest BCUT2D eigenvalue weighted by Gasteiger charge is 2.09. The lowest BCUT2D eigenvalue weighted by molar-refractivity contribution is 0.364. The topological polar surface area (TPSA) is 0 Å². The first-order valence-corrected chi connectivity index (χ1v) is 18.9. The predicted molar refractivity (Wildman–Crippen MR) is 175 cm³/mol. The van der Waals surface area contributed by atoms with Crippen molar-refractivity contribution in [3.63, 3.8) is 0 Å². The van der Waals surface area contributed by atoms with E-state index >= 15 is 0 Å². The molecule has 0 saturated heterocycles. The minimum absolute atomic E-state index is 1.05. The van der Waals surface area contributed by atoms with Gasteiger partial charge in [0.15, 0.2) is 0 Å². The largest absolute Gasteiger partial charge is 0.0654 e. The van der Waals surface area contributed by atoms with E-state index in [1.54, 1.807) is 19.3 Å². The van der Waals surface area contributed by atoms with E-state index in [1.165, 1.54) is 212 Å². The molecule has 0 aromatic heterocycles. The molecule has 228 valence electrons. The van der Waals surface area contributed by atoms with Gasteiger partial charge in [0, 0.05) is 0 Å². The van der Waals surface area contributed by atoms with Crippen molar-refractivity contribution in [1.82, 2.24) is 0 Å². The van der Waals surface area contributed by atoms with Crippen LogP contribution in [0.3, 0.4) is 0 Å². The number of hydrogen-bond donors (Lipinski definition) is 0. The van der Waals surface area contributed by atoms with Gasteiger partial charge in [-0.25, -0.2) is 0 Å². The third-order valence-corrected chi connectivity index (χ3v) is 9.69. The van der Waals surface area contributed by atoms with Crippen LogP contribution in [0.15, 0.2) is 0 Å². The summed E-state index contributed by atoms with van der Waals surface area (Å²) in [4.78, 5) is 0. The third kappa shape index (κ3) is 27.6. The van der Waals surface area contributed by atoms with Gasteiger partial charge in [0.1, 0.15) is 0 Å². The highest BCUT2D eigenvalue weighted by atomic mass is 14.1. The van der Waals surface area contributed by atoms with E-state index in [2.05, 4.69) is 6.92 Å². The SMILES string of the molecule is CCCCCCCCCCCCCCCCCCC1CCCCCCCCCCCCCCCCCCC1. The summed E-state index contributed by atoms with van der Waals surface area (Å²) >= 11 is 0. The van der Waals surface area contributed by atoms with Crippen LogP contribution in [-0.2, 0) is 0 Å². The van der Waals surface area contributed by atoms with Crippen LogP contribution >= 0.6 is 0 Å². The van der Waals surface area contributed by atoms with Gasteiger partial charge in [0.25, 0.3) is 0 Å². The smallest absolute Gasteiger partial charge is 0.0414 e. The monoisotopic (exact) mass is 533 g/mol. The molecule has 1 aliphatic carbocycles. The Morgan fingerprint density at radius 1 is 0.289 bits per heavy atom. The molecule has 0 aromatic carbocycles. The molecule has 0 aromatic rings. The van der Waals surface area contributed by atoms with Crippen molar-refractivity contribution >= 4 is 0 Å². The average Bonchev–Trinajstić information content (AvgIpc) is 2.93. The van der Waals surface area contributed by atoms with Gasteiger partial charge in [-0.1, -0.05) is 238 Å². The molecule has 0 heteroatoms. The highest BCUT2D eigenvalue weighted by molar-refractivity contribution is 4.63. The normalized spacial score (nSPS) is 18.9. The van der Waals surface area contributed by atoms with Crippen LogP contribution in [0.5, 0.6) is 0 Å². The van der Waals surface area contributed by atoms with Gasteiger partial charge in [-0.05, 0) is 5.92 Å². The molecule has 0 N–H and O–H groups in total. The van der Waals surface area contributed by atoms with Crippen molar-refractivity contribution in [1.29, 1.82) is 0 Å². The summed E-state index contributed by atoms with van der Waals surface area (Å²) < 4.78 is 0. The zero-order valence-electron chi connectivity index (χ0n) is 27.0. The molecule has 0 spiro atoms. The van der Waals surface area contributed by atoms with E-state index in [1.807, 2.05) is 0 Å². The van der Waals surface area contributed by atoms with Crippen molar-refractivity contribution in [3.05, 3.63) is 0 Å². The van der Waals surface area contributed by atoms with Crippen LogP contribution in [0.2, 0.25) is 0 Å². The van der Waals surface area contributed by atoms with Crippen LogP contribution in [0.4, 0.5) is 0 Å². The molecular weight excluding hydrogens is 456 g/mol. The van der Waals surface area contributed by atoms with E-state index < -0.39 is 0 Å². The van der Waals surface area contributed by atoms with Crippen LogP contribution < -0.4 is 0 Å². The minimum atomic E-state index is 1.05. The van der Waals surface area contributed by atoms with Crippen molar-refractivity contribution in [2.24, 2.45) is 5.92 Å². The molecule has 38 heavy (non-hydrogen) atoms. The summed E-state index contributed by atoms with van der Waals surface area (Å²) in [5, 5.41) is 0. The lowest BCUT2D eigenvalue weighted by Gasteiger charge is -2.17. The molecule has 0 bridgehead atoms. The first-order chi connectivity index (χ1) is 18.9. The second-order valence-corrected chi connectivity index (χ2v) is 13.5. The van der Waals surface area contributed by atoms with Crippen LogP contribution in [-0.4, -0.2) is 0 Å². The van der Waals surface area contributed by atoms with Gasteiger partial charge in [-0.2, -0.15) is 0 Å². The standard InChI is InChI=1S/C38H76/c1-2-3-4-5-6-7-8-9-10-14-17-20-23-26-29-32-35-38-36-33-30-27-24-21-18-15-12-11-13-16-19-22-25-28-31-34-37-38/h38H,2-37H2,1H3. The first-order valence-electron chi connectivity index (χ1n) is 18.9. The van der Waals surface area contributed by atoms with E-state index in [4.69, 9.17) is 0 Å². The second kappa shape index (κ2) is 31.5. The van der Waals surface area contributed by atoms with Crippen molar-refractivity contribution in [2.75, 3.05) is 0 Å². The van der Waals surface area contributed by atoms with Crippen LogP contribution in [0.1, 0.15) is 238 Å². The maximum absolute atomic E-state index is 2.31. The number of hydrogen-bond acceptors (Lipinski definition) is 0. The number of unbranched alkanes of at least 4 members (excludes halogenated alkanes) is 15. The molecule has 1 fully saturated rings. The summed E-state index contributed by atoms with van der Waals surface area (Å²) in [6, 6.07) is 0. The summed E-state index contributed by atoms with van der Waals surface area (Å²) in [5.41, 5.74) is 0. The van der Waals surface area contributed by atoms with E-state index in [0.717, 1.165) is 5.92 Å². The second-order valence-electron chi connectivity index (χ2n) is 13.5. The van der Waals surface area contributed by atoms with Crippen molar-refractivity contribution < 1.29 is 0 Å². The molecule has 0 radical (unpaired) electrons. The zero-order valence-corrected chi connectivity index (χ0v) is 27.0. The summed E-state index contributed by atoms with van der Waals surface area (Å²) in [6.07, 6.45) is 54.0. The summed E-state index contributed by atoms with van der Waals surface area (Å²) in [7, 11) is 0. The Bertz CT molecular complexity index is 392. The predicted octanol–water partition coefficient (Wildman–Crippen LogP) is 14.7. The Morgan fingerprint density at radius 3 is 0.816 bits per heavy atom. The van der Waals surface area contributed by atoms with E-state index in [0.29, 0.717) is 0 Å². The Morgan fingerprint density at radius 2 is 0.526 bits per heavy atom. The average molecular weight is 533 g/mol. The maximum atomic E-state index is 2.31. The van der Waals surface area contributed by atoms with Gasteiger partial charge in [-0.15, -0.1) is 0 Å². The van der Waals surface area contributed by atoms with Gasteiger partial charge < -0.3 is 0 Å². The van der Waals surface area contributed by atoms with E-state index in [-0.39, 0.29) is 0 Å². The third-order valence-electron chi connectivity index (χ3n) is 9.69. The Hall–Kier alpha value is 0. The van der Waals surface area contributed by atoms with Gasteiger partial charge in [-0.3, -0.25) is 0 Å². The molecular formula is C38H76. The lowest BCUT2D eigenvalue weighted by Crippen LogP contribution is -2.02.